The van der Waals surface area contributed by atoms with Crippen molar-refractivity contribution in [2.75, 3.05) is 13.2 Å². The fourth-order valence-corrected chi connectivity index (χ4v) is 9.55. The van der Waals surface area contributed by atoms with Crippen molar-refractivity contribution in [3.05, 3.63) is 97.2 Å². The van der Waals surface area contributed by atoms with Crippen LogP contribution in [0, 0.1) is 0 Å². The molecule has 454 valence electrons. The molecule has 0 radical (unpaired) electrons. The first-order valence-corrected chi connectivity index (χ1v) is 33.7. The first kappa shape index (κ1) is 75.3. The molecule has 6 heteroatoms. The third-order valence-electron chi connectivity index (χ3n) is 14.6. The highest BCUT2D eigenvalue weighted by molar-refractivity contribution is 5.71. The molecular weight excluding hydrogens is 973 g/mol. The van der Waals surface area contributed by atoms with Gasteiger partial charge in [0.15, 0.2) is 6.10 Å². The van der Waals surface area contributed by atoms with E-state index in [-0.39, 0.29) is 31.1 Å². The summed E-state index contributed by atoms with van der Waals surface area (Å²) in [6, 6.07) is 0. The summed E-state index contributed by atoms with van der Waals surface area (Å²) < 4.78 is 16.9. The maximum atomic E-state index is 12.9. The first-order chi connectivity index (χ1) is 39.0. The van der Waals surface area contributed by atoms with Crippen LogP contribution in [-0.4, -0.2) is 37.2 Å². The minimum absolute atomic E-state index is 0.0861. The van der Waals surface area contributed by atoms with E-state index in [1.807, 2.05) is 0 Å². The van der Waals surface area contributed by atoms with Gasteiger partial charge in [-0.2, -0.15) is 0 Å². The fraction of sp³-hybridized carbons (Fsp3) is 0.740. The van der Waals surface area contributed by atoms with E-state index in [2.05, 4.69) is 118 Å². The van der Waals surface area contributed by atoms with Crippen LogP contribution < -0.4 is 0 Å². The molecule has 0 saturated carbocycles. The van der Waals surface area contributed by atoms with E-state index in [0.29, 0.717) is 19.3 Å². The number of hydrogen-bond donors (Lipinski definition) is 0. The van der Waals surface area contributed by atoms with Gasteiger partial charge in [-0.05, 0) is 96.3 Å². The summed E-state index contributed by atoms with van der Waals surface area (Å²) in [5, 5.41) is 0. The number of rotatable bonds is 61. The van der Waals surface area contributed by atoms with Gasteiger partial charge < -0.3 is 14.2 Å². The summed E-state index contributed by atoms with van der Waals surface area (Å²) in [5.41, 5.74) is 0. The lowest BCUT2D eigenvalue weighted by Gasteiger charge is -2.18. The lowest BCUT2D eigenvalue weighted by Crippen LogP contribution is -2.30. The molecule has 0 N–H and O–H groups in total. The highest BCUT2D eigenvalue weighted by Crippen LogP contribution is 2.17. The van der Waals surface area contributed by atoms with Gasteiger partial charge in [-0.15, -0.1) is 0 Å². The Kier molecular flexibility index (Phi) is 63.7. The lowest BCUT2D eigenvalue weighted by molar-refractivity contribution is -0.167. The Labute approximate surface area is 489 Å². The fourth-order valence-electron chi connectivity index (χ4n) is 9.55. The Morgan fingerprint density at radius 1 is 0.266 bits per heavy atom. The van der Waals surface area contributed by atoms with Gasteiger partial charge in [0.25, 0.3) is 0 Å². The van der Waals surface area contributed by atoms with Crippen LogP contribution in [0.15, 0.2) is 97.2 Å². The first-order valence-electron chi connectivity index (χ1n) is 33.7. The van der Waals surface area contributed by atoms with Gasteiger partial charge >= 0.3 is 17.9 Å². The Morgan fingerprint density at radius 2 is 0.519 bits per heavy atom. The molecule has 0 bridgehead atoms. The molecule has 0 aliphatic heterocycles. The standard InChI is InChI=1S/C73H126O6/c1-4-7-10-13-16-19-22-24-26-28-30-32-34-36-37-38-40-41-43-45-47-49-51-54-57-60-63-66-72(75)78-69-70(68-77-71(74)65-62-59-56-53-21-18-15-12-9-6-3)79-73(76)67-64-61-58-55-52-50-48-46-44-42-39-35-33-31-29-27-25-23-20-17-14-11-8-5-2/h7,10,12,15-16,19,24,26,30,32,36-37,40-41,45,47,70H,4-6,8-9,11,13-14,17-18,20-23,25,27-29,31,33-35,38-39,42-44,46,48-69H2,1-3H3/b10-7-,15-12-,19-16-,26-24-,32-30-,37-36-,41-40-,47-45-. The second-order valence-corrected chi connectivity index (χ2v) is 22.4. The molecule has 0 saturated heterocycles. The number of carbonyl (C=O) groups excluding carboxylic acids is 3. The maximum Gasteiger partial charge on any atom is 0.306 e. The topological polar surface area (TPSA) is 78.9 Å². The maximum absolute atomic E-state index is 12.9. The van der Waals surface area contributed by atoms with Gasteiger partial charge in [0.2, 0.25) is 0 Å². The van der Waals surface area contributed by atoms with Crippen LogP contribution in [0.1, 0.15) is 329 Å². The van der Waals surface area contributed by atoms with Crippen molar-refractivity contribution in [1.29, 1.82) is 0 Å². The third kappa shape index (κ3) is 65.0. The molecule has 0 aliphatic carbocycles. The van der Waals surface area contributed by atoms with Crippen LogP contribution in [0.4, 0.5) is 0 Å². The van der Waals surface area contributed by atoms with E-state index in [1.54, 1.807) is 0 Å². The van der Waals surface area contributed by atoms with Crippen molar-refractivity contribution in [1.82, 2.24) is 0 Å². The second kappa shape index (κ2) is 66.8. The smallest absolute Gasteiger partial charge is 0.306 e. The van der Waals surface area contributed by atoms with E-state index in [0.717, 1.165) is 135 Å². The third-order valence-corrected chi connectivity index (χ3v) is 14.6. The van der Waals surface area contributed by atoms with E-state index in [9.17, 15) is 14.4 Å². The second-order valence-electron chi connectivity index (χ2n) is 22.4. The van der Waals surface area contributed by atoms with Gasteiger partial charge in [0.1, 0.15) is 13.2 Å². The molecular formula is C73H126O6. The summed E-state index contributed by atoms with van der Waals surface area (Å²) in [7, 11) is 0. The van der Waals surface area contributed by atoms with E-state index in [1.165, 1.54) is 154 Å². The molecule has 0 aromatic rings. The highest BCUT2D eigenvalue weighted by Gasteiger charge is 2.19. The predicted octanol–water partition coefficient (Wildman–Crippen LogP) is 23.2. The number of esters is 3. The molecule has 0 fully saturated rings. The number of allylic oxidation sites excluding steroid dienone is 16. The largest absolute Gasteiger partial charge is 0.462 e. The van der Waals surface area contributed by atoms with Crippen LogP contribution in [-0.2, 0) is 28.6 Å². The van der Waals surface area contributed by atoms with E-state index < -0.39 is 6.10 Å². The van der Waals surface area contributed by atoms with Crippen molar-refractivity contribution in [2.45, 2.75) is 335 Å². The van der Waals surface area contributed by atoms with Gasteiger partial charge in [0.05, 0.1) is 0 Å². The highest BCUT2D eigenvalue weighted by atomic mass is 16.6. The lowest BCUT2D eigenvalue weighted by atomic mass is 10.0. The van der Waals surface area contributed by atoms with Crippen LogP contribution >= 0.6 is 0 Å². The van der Waals surface area contributed by atoms with Gasteiger partial charge in [-0.25, -0.2) is 0 Å². The molecule has 1 unspecified atom stereocenters. The molecule has 0 heterocycles. The number of unbranched alkanes of at least 4 members (excludes halogenated alkanes) is 34. The molecule has 0 spiro atoms. The zero-order chi connectivity index (χ0) is 57.1. The number of carbonyl (C=O) groups is 3. The summed E-state index contributed by atoms with van der Waals surface area (Å²) in [5.74, 6) is -0.903. The van der Waals surface area contributed by atoms with E-state index in [4.69, 9.17) is 14.2 Å². The molecule has 1 atom stereocenters. The van der Waals surface area contributed by atoms with Gasteiger partial charge in [-0.3, -0.25) is 14.4 Å². The van der Waals surface area contributed by atoms with Crippen LogP contribution in [0.3, 0.4) is 0 Å². The summed E-state index contributed by atoms with van der Waals surface area (Å²) in [6.07, 6.45) is 90.1. The monoisotopic (exact) mass is 1100 g/mol. The van der Waals surface area contributed by atoms with Gasteiger partial charge in [-0.1, -0.05) is 311 Å². The molecule has 0 rings (SSSR count). The SMILES string of the molecule is CC/C=C\C/C=C\C/C=C\C/C=C\C/C=C\C/C=C\C/C=C\CCCCCCCC(=O)OCC(COC(=O)CCCCCCC/C=C\CCC)OC(=O)CCCCCCCCCCCCCCCCCCCCCCCCCC. The predicted molar refractivity (Wildman–Crippen MR) is 344 cm³/mol. The van der Waals surface area contributed by atoms with Crippen LogP contribution in [0.25, 0.3) is 0 Å². The minimum atomic E-state index is -0.789. The van der Waals surface area contributed by atoms with E-state index >= 15 is 0 Å². The zero-order valence-electron chi connectivity index (χ0n) is 52.1. The Morgan fingerprint density at radius 3 is 0.835 bits per heavy atom. The van der Waals surface area contributed by atoms with Crippen molar-refractivity contribution >= 4 is 17.9 Å². The Hall–Kier alpha value is -3.67. The molecule has 0 aliphatic rings. The molecule has 6 nitrogen and oxygen atoms in total. The van der Waals surface area contributed by atoms with Gasteiger partial charge in [0, 0.05) is 19.3 Å². The summed E-state index contributed by atoms with van der Waals surface area (Å²) in [4.78, 5) is 38.3. The van der Waals surface area contributed by atoms with Crippen molar-refractivity contribution in [3.8, 4) is 0 Å². The summed E-state index contributed by atoms with van der Waals surface area (Å²) in [6.45, 7) is 6.48. The molecule has 0 aromatic carbocycles. The Bertz CT molecular complexity index is 1540. The zero-order valence-corrected chi connectivity index (χ0v) is 52.1. The quantitative estimate of drug-likeness (QED) is 0.0261. The molecule has 0 aromatic heterocycles. The molecule has 0 amide bonds. The number of ether oxygens (including phenoxy) is 3. The van der Waals surface area contributed by atoms with Crippen molar-refractivity contribution in [2.24, 2.45) is 0 Å². The average molecular weight is 1100 g/mol. The normalized spacial score (nSPS) is 12.7. The minimum Gasteiger partial charge on any atom is -0.462 e. The van der Waals surface area contributed by atoms with Crippen molar-refractivity contribution < 1.29 is 28.6 Å². The van der Waals surface area contributed by atoms with Crippen LogP contribution in [0.5, 0.6) is 0 Å². The number of hydrogen-bond acceptors (Lipinski definition) is 6. The average Bonchev–Trinajstić information content (AvgIpc) is 3.45. The molecule has 79 heavy (non-hydrogen) atoms. The summed E-state index contributed by atoms with van der Waals surface area (Å²) >= 11 is 0. The van der Waals surface area contributed by atoms with Crippen molar-refractivity contribution in [3.63, 3.8) is 0 Å². The van der Waals surface area contributed by atoms with Crippen LogP contribution in [0.2, 0.25) is 0 Å². The Balaban J connectivity index is 4.26.